The number of ketones is 1. The van der Waals surface area contributed by atoms with E-state index < -0.39 is 0 Å². The molecule has 6 heteroatoms. The molecule has 1 atom stereocenters. The van der Waals surface area contributed by atoms with Gasteiger partial charge in [-0.25, -0.2) is 0 Å². The number of ether oxygens (including phenoxy) is 1. The molecule has 5 nitrogen and oxygen atoms in total. The van der Waals surface area contributed by atoms with Crippen molar-refractivity contribution < 1.29 is 9.53 Å². The summed E-state index contributed by atoms with van der Waals surface area (Å²) in [7, 11) is 0. The molecule has 0 aliphatic heterocycles. The minimum atomic E-state index is -0.130. The smallest absolute Gasteiger partial charge is 0.192 e. The first-order valence-corrected chi connectivity index (χ1v) is 9.12. The lowest BCUT2D eigenvalue weighted by atomic mass is 10.1. The van der Waals surface area contributed by atoms with E-state index in [0.29, 0.717) is 12.5 Å². The van der Waals surface area contributed by atoms with Crippen molar-refractivity contribution in [3.8, 4) is 5.75 Å². The van der Waals surface area contributed by atoms with Crippen LogP contribution in [0.15, 0.2) is 35.5 Å². The van der Waals surface area contributed by atoms with E-state index in [2.05, 4.69) is 28.6 Å². The summed E-state index contributed by atoms with van der Waals surface area (Å²) in [6.45, 7) is 9.07. The average molecular weight is 347 g/mol. The Kier molecular flexibility index (Phi) is 6.85. The molecule has 0 N–H and O–H groups in total. The highest BCUT2D eigenvalue weighted by molar-refractivity contribution is 8.00. The van der Waals surface area contributed by atoms with E-state index in [1.165, 1.54) is 11.8 Å². The van der Waals surface area contributed by atoms with Crippen molar-refractivity contribution >= 4 is 17.5 Å². The summed E-state index contributed by atoms with van der Waals surface area (Å²) in [6.07, 6.45) is 1.03. The molecule has 0 saturated heterocycles. The maximum atomic E-state index is 11.5. The summed E-state index contributed by atoms with van der Waals surface area (Å²) in [4.78, 5) is 11.5. The molecule has 0 aliphatic rings. The van der Waals surface area contributed by atoms with Gasteiger partial charge in [-0.3, -0.25) is 4.79 Å². The second-order valence-electron chi connectivity index (χ2n) is 6.21. The molecule has 130 valence electrons. The number of benzene rings is 1. The Balaban J connectivity index is 2.13. The van der Waals surface area contributed by atoms with Gasteiger partial charge in [0.15, 0.2) is 11.0 Å². The first-order valence-electron chi connectivity index (χ1n) is 8.24. The van der Waals surface area contributed by atoms with Crippen LogP contribution in [0.3, 0.4) is 0 Å². The Labute approximate surface area is 147 Å². The molecule has 0 fully saturated rings. The van der Waals surface area contributed by atoms with Gasteiger partial charge in [0.1, 0.15) is 18.1 Å². The molecule has 0 radical (unpaired) electrons. The van der Waals surface area contributed by atoms with E-state index in [1.54, 1.807) is 6.92 Å². The number of thioether (sulfide) groups is 1. The van der Waals surface area contributed by atoms with Gasteiger partial charge in [-0.15, -0.1) is 10.2 Å². The van der Waals surface area contributed by atoms with Gasteiger partial charge in [0, 0.05) is 6.54 Å². The van der Waals surface area contributed by atoms with Gasteiger partial charge in [0.25, 0.3) is 0 Å². The third-order valence-corrected chi connectivity index (χ3v) is 4.89. The molecule has 2 aromatic rings. The van der Waals surface area contributed by atoms with Crippen molar-refractivity contribution in [2.75, 3.05) is 0 Å². The normalized spacial score (nSPS) is 12.4. The molecule has 0 saturated carbocycles. The Morgan fingerprint density at radius 2 is 1.92 bits per heavy atom. The molecule has 24 heavy (non-hydrogen) atoms. The van der Waals surface area contributed by atoms with Gasteiger partial charge in [0.05, 0.1) is 5.25 Å². The predicted octanol–water partition coefficient (Wildman–Crippen LogP) is 3.97. The fourth-order valence-corrected chi connectivity index (χ4v) is 2.92. The van der Waals surface area contributed by atoms with Gasteiger partial charge >= 0.3 is 0 Å². The third kappa shape index (κ3) is 5.37. The van der Waals surface area contributed by atoms with Crippen molar-refractivity contribution in [1.29, 1.82) is 0 Å². The zero-order valence-electron chi connectivity index (χ0n) is 14.7. The number of carbonyl (C=O) groups is 1. The quantitative estimate of drug-likeness (QED) is 0.642. The molecule has 1 unspecified atom stereocenters. The molecular formula is C18H25N3O2S. The number of para-hydroxylation sites is 1. The predicted molar refractivity (Wildman–Crippen MR) is 96.3 cm³/mol. The molecule has 1 aromatic heterocycles. The number of hydrogen-bond donors (Lipinski definition) is 0. The monoisotopic (exact) mass is 347 g/mol. The summed E-state index contributed by atoms with van der Waals surface area (Å²) in [6, 6.07) is 9.67. The highest BCUT2D eigenvalue weighted by Crippen LogP contribution is 2.24. The Bertz CT molecular complexity index is 656. The molecule has 0 amide bonds. The number of carbonyl (C=O) groups excluding carboxylic acids is 1. The highest BCUT2D eigenvalue weighted by Gasteiger charge is 2.18. The second kappa shape index (κ2) is 8.87. The summed E-state index contributed by atoms with van der Waals surface area (Å²) < 4.78 is 7.88. The zero-order valence-corrected chi connectivity index (χ0v) is 15.5. The Morgan fingerprint density at radius 1 is 1.21 bits per heavy atom. The van der Waals surface area contributed by atoms with E-state index in [1.807, 2.05) is 37.3 Å². The minimum Gasteiger partial charge on any atom is -0.486 e. The van der Waals surface area contributed by atoms with E-state index in [9.17, 15) is 4.79 Å². The van der Waals surface area contributed by atoms with E-state index in [4.69, 9.17) is 4.74 Å². The summed E-state index contributed by atoms with van der Waals surface area (Å²) in [5.41, 5.74) is 0. The number of hydrogen-bond acceptors (Lipinski definition) is 5. The van der Waals surface area contributed by atoms with Crippen LogP contribution in [0, 0.1) is 5.92 Å². The SMILES string of the molecule is CC(=O)C(C)Sc1nnc(COc2ccccc2)n1CCC(C)C. The maximum absolute atomic E-state index is 11.5. The molecule has 1 aromatic carbocycles. The van der Waals surface area contributed by atoms with Gasteiger partial charge in [-0.1, -0.05) is 43.8 Å². The number of rotatable bonds is 9. The summed E-state index contributed by atoms with van der Waals surface area (Å²) in [5.74, 6) is 2.32. The minimum absolute atomic E-state index is 0.130. The Morgan fingerprint density at radius 3 is 2.54 bits per heavy atom. The third-order valence-electron chi connectivity index (χ3n) is 3.69. The van der Waals surface area contributed by atoms with Crippen LogP contribution < -0.4 is 4.74 Å². The van der Waals surface area contributed by atoms with Crippen LogP contribution in [0.5, 0.6) is 5.75 Å². The lowest BCUT2D eigenvalue weighted by Gasteiger charge is -2.13. The fourth-order valence-electron chi connectivity index (χ4n) is 2.03. The largest absolute Gasteiger partial charge is 0.486 e. The molecule has 0 bridgehead atoms. The number of aromatic nitrogens is 3. The summed E-state index contributed by atoms with van der Waals surface area (Å²) in [5, 5.41) is 9.20. The lowest BCUT2D eigenvalue weighted by molar-refractivity contribution is -0.116. The van der Waals surface area contributed by atoms with Crippen molar-refractivity contribution in [3.05, 3.63) is 36.2 Å². The number of nitrogens with zero attached hydrogens (tertiary/aromatic N) is 3. The molecule has 0 spiro atoms. The van der Waals surface area contributed by atoms with Crippen LogP contribution in [-0.4, -0.2) is 25.8 Å². The summed E-state index contributed by atoms with van der Waals surface area (Å²) >= 11 is 1.46. The van der Waals surface area contributed by atoms with Gasteiger partial charge in [0.2, 0.25) is 0 Å². The topological polar surface area (TPSA) is 57.0 Å². The first kappa shape index (κ1) is 18.5. The van der Waals surface area contributed by atoms with Gasteiger partial charge < -0.3 is 9.30 Å². The molecular weight excluding hydrogens is 322 g/mol. The lowest BCUT2D eigenvalue weighted by Crippen LogP contribution is -2.13. The maximum Gasteiger partial charge on any atom is 0.192 e. The van der Waals surface area contributed by atoms with Crippen LogP contribution >= 0.6 is 11.8 Å². The van der Waals surface area contributed by atoms with Crippen LogP contribution in [0.2, 0.25) is 0 Å². The van der Waals surface area contributed by atoms with Gasteiger partial charge in [-0.2, -0.15) is 0 Å². The van der Waals surface area contributed by atoms with Crippen molar-refractivity contribution in [1.82, 2.24) is 14.8 Å². The van der Waals surface area contributed by atoms with E-state index >= 15 is 0 Å². The van der Waals surface area contributed by atoms with Crippen LogP contribution in [0.1, 0.15) is 39.9 Å². The van der Waals surface area contributed by atoms with Crippen LogP contribution in [0.25, 0.3) is 0 Å². The number of Topliss-reactive ketones (excluding diaryl/α,β-unsaturated/α-hetero) is 1. The van der Waals surface area contributed by atoms with Crippen molar-refractivity contribution in [3.63, 3.8) is 0 Å². The first-order chi connectivity index (χ1) is 11.5. The Hall–Kier alpha value is -1.82. The van der Waals surface area contributed by atoms with Crippen molar-refractivity contribution in [2.45, 2.75) is 57.7 Å². The van der Waals surface area contributed by atoms with Crippen LogP contribution in [-0.2, 0) is 17.9 Å². The van der Waals surface area contributed by atoms with Crippen LogP contribution in [0.4, 0.5) is 0 Å². The van der Waals surface area contributed by atoms with E-state index in [0.717, 1.165) is 29.7 Å². The molecule has 0 aliphatic carbocycles. The average Bonchev–Trinajstić information content (AvgIpc) is 2.93. The van der Waals surface area contributed by atoms with Crippen molar-refractivity contribution in [2.24, 2.45) is 5.92 Å². The zero-order chi connectivity index (χ0) is 17.5. The van der Waals surface area contributed by atoms with Gasteiger partial charge in [-0.05, 0) is 38.3 Å². The fraction of sp³-hybridized carbons (Fsp3) is 0.500. The highest BCUT2D eigenvalue weighted by atomic mass is 32.2. The molecule has 1 heterocycles. The van der Waals surface area contributed by atoms with E-state index in [-0.39, 0.29) is 11.0 Å². The second-order valence-corrected chi connectivity index (χ2v) is 7.51. The molecule has 2 rings (SSSR count). The standard InChI is InChI=1S/C18H25N3O2S/c1-13(2)10-11-21-17(12-23-16-8-6-5-7-9-16)19-20-18(21)24-15(4)14(3)22/h5-9,13,15H,10-12H2,1-4H3.